The lowest BCUT2D eigenvalue weighted by Crippen LogP contribution is -2.42. The number of halogens is 1. The zero-order valence-electron chi connectivity index (χ0n) is 9.57. The van der Waals surface area contributed by atoms with Crippen LogP contribution in [0.1, 0.15) is 34.5 Å². The number of nitrogens with zero attached hydrogens (tertiary/aromatic N) is 1. The summed E-state index contributed by atoms with van der Waals surface area (Å²) in [4.78, 5) is 12.6. The van der Waals surface area contributed by atoms with Crippen molar-refractivity contribution in [1.29, 1.82) is 5.26 Å². The molecule has 3 rings (SSSR count). The van der Waals surface area contributed by atoms with E-state index in [1.54, 1.807) is 6.07 Å². The molecule has 2 saturated heterocycles. The van der Waals surface area contributed by atoms with Crippen LogP contribution in [0.4, 0.5) is 0 Å². The van der Waals surface area contributed by atoms with Gasteiger partial charge in [-0.15, -0.1) is 11.3 Å². The molecule has 1 amide bonds. The van der Waals surface area contributed by atoms with Gasteiger partial charge in [-0.25, -0.2) is 0 Å². The molecule has 0 saturated carbocycles. The van der Waals surface area contributed by atoms with E-state index in [0.29, 0.717) is 26.9 Å². The highest BCUT2D eigenvalue weighted by molar-refractivity contribution is 7.18. The fourth-order valence-electron chi connectivity index (χ4n) is 2.78. The Morgan fingerprint density at radius 1 is 1.61 bits per heavy atom. The first-order chi connectivity index (χ1) is 8.67. The Bertz CT molecular complexity index is 536. The number of nitriles is 1. The van der Waals surface area contributed by atoms with Crippen LogP contribution in [0.25, 0.3) is 0 Å². The summed E-state index contributed by atoms with van der Waals surface area (Å²) in [5.41, 5.74) is 0.373. The summed E-state index contributed by atoms with van der Waals surface area (Å²) in [7, 11) is 0. The number of hydrogen-bond donors (Lipinski definition) is 2. The summed E-state index contributed by atoms with van der Waals surface area (Å²) in [5, 5.41) is 15.3. The number of fused-ring (bicyclic) bond motifs is 2. The van der Waals surface area contributed by atoms with E-state index in [1.807, 2.05) is 6.07 Å². The molecule has 1 aromatic rings. The zero-order chi connectivity index (χ0) is 12.7. The molecular weight excluding hydrogens is 270 g/mol. The van der Waals surface area contributed by atoms with Crippen LogP contribution >= 0.6 is 22.9 Å². The van der Waals surface area contributed by atoms with Crippen molar-refractivity contribution in [2.45, 2.75) is 37.4 Å². The second-order valence-corrected chi connectivity index (χ2v) is 6.43. The molecular formula is C12H12ClN3OS. The third-order valence-electron chi connectivity index (χ3n) is 3.65. The molecule has 0 radical (unpaired) electrons. The van der Waals surface area contributed by atoms with E-state index in [-0.39, 0.29) is 11.9 Å². The first kappa shape index (κ1) is 12.0. The third kappa shape index (κ3) is 2.01. The summed E-state index contributed by atoms with van der Waals surface area (Å²) in [6.07, 6.45) is 3.34. The van der Waals surface area contributed by atoms with Crippen molar-refractivity contribution in [3.63, 3.8) is 0 Å². The van der Waals surface area contributed by atoms with Gasteiger partial charge >= 0.3 is 0 Å². The lowest BCUT2D eigenvalue weighted by atomic mass is 9.95. The highest BCUT2D eigenvalue weighted by Crippen LogP contribution is 2.30. The zero-order valence-corrected chi connectivity index (χ0v) is 11.1. The number of carbonyl (C=O) groups is 1. The number of hydrogen-bond acceptors (Lipinski definition) is 4. The standard InChI is InChI=1S/C12H12ClN3OS/c13-11-6(5-14)3-10(18-11)12(17)16-9-4-7-1-2-8(9)15-7/h3,7-9,15H,1-2,4H2,(H,16,17). The van der Waals surface area contributed by atoms with E-state index in [2.05, 4.69) is 10.6 Å². The largest absolute Gasteiger partial charge is 0.347 e. The molecule has 1 aromatic heterocycles. The first-order valence-corrected chi connectivity index (χ1v) is 7.13. The van der Waals surface area contributed by atoms with Gasteiger partial charge in [-0.1, -0.05) is 11.6 Å². The monoisotopic (exact) mass is 281 g/mol. The van der Waals surface area contributed by atoms with Gasteiger partial charge in [0.2, 0.25) is 0 Å². The van der Waals surface area contributed by atoms with Crippen LogP contribution < -0.4 is 10.6 Å². The minimum atomic E-state index is -0.122. The van der Waals surface area contributed by atoms with Crippen molar-refractivity contribution >= 4 is 28.8 Å². The molecule has 0 spiro atoms. The van der Waals surface area contributed by atoms with Gasteiger partial charge in [0.05, 0.1) is 10.4 Å². The van der Waals surface area contributed by atoms with Crippen LogP contribution in [0, 0.1) is 11.3 Å². The molecule has 0 aliphatic carbocycles. The molecule has 6 heteroatoms. The molecule has 0 aromatic carbocycles. The van der Waals surface area contributed by atoms with Crippen LogP contribution in [0.5, 0.6) is 0 Å². The molecule has 3 unspecified atom stereocenters. The van der Waals surface area contributed by atoms with Crippen molar-refractivity contribution in [2.24, 2.45) is 0 Å². The maximum atomic E-state index is 12.1. The molecule has 2 aliphatic heterocycles. The summed E-state index contributed by atoms with van der Waals surface area (Å²) < 4.78 is 0.383. The Labute approximate surface area is 114 Å². The highest BCUT2D eigenvalue weighted by atomic mass is 35.5. The van der Waals surface area contributed by atoms with Gasteiger partial charge in [0, 0.05) is 18.1 Å². The van der Waals surface area contributed by atoms with Crippen molar-refractivity contribution in [3.8, 4) is 6.07 Å². The van der Waals surface area contributed by atoms with E-state index >= 15 is 0 Å². The van der Waals surface area contributed by atoms with E-state index < -0.39 is 0 Å². The number of carbonyl (C=O) groups excluding carboxylic acids is 1. The summed E-state index contributed by atoms with van der Waals surface area (Å²) >= 11 is 7.03. The lowest BCUT2D eigenvalue weighted by molar-refractivity contribution is 0.0935. The fraction of sp³-hybridized carbons (Fsp3) is 0.500. The molecule has 2 N–H and O–H groups in total. The molecule has 3 heterocycles. The summed E-state index contributed by atoms with van der Waals surface area (Å²) in [6.45, 7) is 0. The average molecular weight is 282 g/mol. The van der Waals surface area contributed by atoms with E-state index in [0.717, 1.165) is 24.2 Å². The summed E-state index contributed by atoms with van der Waals surface area (Å²) in [5.74, 6) is -0.122. The molecule has 18 heavy (non-hydrogen) atoms. The maximum absolute atomic E-state index is 12.1. The average Bonchev–Trinajstić information content (AvgIpc) is 3.03. The van der Waals surface area contributed by atoms with Crippen LogP contribution in [0.2, 0.25) is 4.34 Å². The molecule has 3 atom stereocenters. The Morgan fingerprint density at radius 3 is 3.00 bits per heavy atom. The minimum Gasteiger partial charge on any atom is -0.347 e. The predicted molar refractivity (Wildman–Crippen MR) is 69.9 cm³/mol. The van der Waals surface area contributed by atoms with Crippen LogP contribution in [-0.4, -0.2) is 24.0 Å². The number of rotatable bonds is 2. The quantitative estimate of drug-likeness (QED) is 0.870. The lowest BCUT2D eigenvalue weighted by Gasteiger charge is -2.20. The fourth-order valence-corrected chi connectivity index (χ4v) is 3.86. The Hall–Kier alpha value is -1.09. The van der Waals surface area contributed by atoms with Gasteiger partial charge in [-0.3, -0.25) is 4.79 Å². The van der Waals surface area contributed by atoms with E-state index in [4.69, 9.17) is 16.9 Å². The predicted octanol–water partition coefficient (Wildman–Crippen LogP) is 1.90. The second-order valence-electron chi connectivity index (χ2n) is 4.77. The smallest absolute Gasteiger partial charge is 0.261 e. The molecule has 2 aliphatic rings. The molecule has 2 bridgehead atoms. The first-order valence-electron chi connectivity index (χ1n) is 5.93. The molecule has 4 nitrogen and oxygen atoms in total. The number of thiophene rings is 1. The van der Waals surface area contributed by atoms with Gasteiger partial charge in [-0.2, -0.15) is 5.26 Å². The Balaban J connectivity index is 1.70. The van der Waals surface area contributed by atoms with Gasteiger partial charge in [0.1, 0.15) is 10.4 Å². The Morgan fingerprint density at radius 2 is 2.44 bits per heavy atom. The van der Waals surface area contributed by atoms with Crippen molar-refractivity contribution in [1.82, 2.24) is 10.6 Å². The van der Waals surface area contributed by atoms with Crippen LogP contribution in [0.15, 0.2) is 6.07 Å². The van der Waals surface area contributed by atoms with Crippen LogP contribution in [-0.2, 0) is 0 Å². The van der Waals surface area contributed by atoms with Gasteiger partial charge in [-0.05, 0) is 25.3 Å². The maximum Gasteiger partial charge on any atom is 0.261 e. The van der Waals surface area contributed by atoms with Crippen molar-refractivity contribution in [2.75, 3.05) is 0 Å². The summed E-state index contributed by atoms with van der Waals surface area (Å²) in [6, 6.07) is 4.71. The third-order valence-corrected chi connectivity index (χ3v) is 5.00. The minimum absolute atomic E-state index is 0.122. The van der Waals surface area contributed by atoms with Gasteiger partial charge in [0.15, 0.2) is 0 Å². The van der Waals surface area contributed by atoms with Gasteiger partial charge < -0.3 is 10.6 Å². The Kier molecular flexibility index (Phi) is 3.02. The second kappa shape index (κ2) is 4.54. The normalized spacial score (nSPS) is 29.2. The SMILES string of the molecule is N#Cc1cc(C(=O)NC2CC3CCC2N3)sc1Cl. The van der Waals surface area contributed by atoms with E-state index in [1.165, 1.54) is 6.42 Å². The van der Waals surface area contributed by atoms with Gasteiger partial charge in [0.25, 0.3) is 5.91 Å². The molecule has 2 fully saturated rings. The van der Waals surface area contributed by atoms with Crippen molar-refractivity contribution in [3.05, 3.63) is 20.8 Å². The number of amides is 1. The van der Waals surface area contributed by atoms with E-state index in [9.17, 15) is 4.79 Å². The highest BCUT2D eigenvalue weighted by Gasteiger charge is 2.39. The van der Waals surface area contributed by atoms with Crippen molar-refractivity contribution < 1.29 is 4.79 Å². The molecule has 94 valence electrons. The topological polar surface area (TPSA) is 64.9 Å². The van der Waals surface area contributed by atoms with Crippen LogP contribution in [0.3, 0.4) is 0 Å². The number of nitrogens with one attached hydrogen (secondary N) is 2.